The van der Waals surface area contributed by atoms with Gasteiger partial charge in [0, 0.05) is 38.3 Å². The predicted molar refractivity (Wildman–Crippen MR) is 105 cm³/mol. The molecule has 13 heteroatoms. The molecule has 0 aliphatic carbocycles. The Kier molecular flexibility index (Phi) is 6.46. The summed E-state index contributed by atoms with van der Waals surface area (Å²) < 4.78 is 43.9. The van der Waals surface area contributed by atoms with Crippen LogP contribution in [0.25, 0.3) is 0 Å². The smallest absolute Gasteiger partial charge is 0.416 e. The number of nitro groups is 2. The molecule has 2 aromatic carbocycles. The summed E-state index contributed by atoms with van der Waals surface area (Å²) in [7, 11) is 0. The molecule has 0 unspecified atom stereocenters. The van der Waals surface area contributed by atoms with E-state index in [-0.39, 0.29) is 49.9 Å². The van der Waals surface area contributed by atoms with Crippen molar-refractivity contribution in [1.29, 1.82) is 0 Å². The van der Waals surface area contributed by atoms with Crippen LogP contribution >= 0.6 is 0 Å². The summed E-state index contributed by atoms with van der Waals surface area (Å²) in [6, 6.07) is 7.72. The molecule has 1 aliphatic rings. The van der Waals surface area contributed by atoms with Gasteiger partial charge in [0.25, 0.3) is 17.3 Å². The molecule has 1 heterocycles. The normalized spacial score (nSPS) is 14.2. The zero-order valence-corrected chi connectivity index (χ0v) is 16.4. The third-order valence-corrected chi connectivity index (χ3v) is 4.86. The molecule has 2 aromatic rings. The molecule has 0 aromatic heterocycles. The van der Waals surface area contributed by atoms with Crippen molar-refractivity contribution in [3.05, 3.63) is 68.3 Å². The fraction of sp³-hybridized carbons (Fsp3) is 0.316. The lowest BCUT2D eigenvalue weighted by Gasteiger charge is -2.35. The van der Waals surface area contributed by atoms with Gasteiger partial charge in [0.15, 0.2) is 6.61 Å². The Labute approximate surface area is 179 Å². The Balaban J connectivity index is 1.61. The molecule has 170 valence electrons. The molecule has 0 saturated carbocycles. The summed E-state index contributed by atoms with van der Waals surface area (Å²) in [5, 5.41) is 22.1. The van der Waals surface area contributed by atoms with Gasteiger partial charge in [-0.3, -0.25) is 25.0 Å². The molecular weight excluding hydrogens is 437 g/mol. The molecule has 0 spiro atoms. The first kappa shape index (κ1) is 22.8. The molecule has 1 fully saturated rings. The lowest BCUT2D eigenvalue weighted by atomic mass is 10.1. The molecule has 1 aliphatic heterocycles. The van der Waals surface area contributed by atoms with Crippen LogP contribution in [0.1, 0.15) is 5.56 Å². The number of hydrogen-bond acceptors (Lipinski definition) is 7. The fourth-order valence-electron chi connectivity index (χ4n) is 3.23. The number of anilines is 1. The molecule has 1 amide bonds. The van der Waals surface area contributed by atoms with Crippen molar-refractivity contribution in [2.75, 3.05) is 37.7 Å². The van der Waals surface area contributed by atoms with Gasteiger partial charge in [0.05, 0.1) is 21.5 Å². The van der Waals surface area contributed by atoms with Gasteiger partial charge in [-0.15, -0.1) is 0 Å². The number of halogens is 3. The Morgan fingerprint density at radius 2 is 1.69 bits per heavy atom. The number of nitrogens with zero attached hydrogens (tertiary/aromatic N) is 4. The van der Waals surface area contributed by atoms with Crippen molar-refractivity contribution >= 4 is 23.0 Å². The van der Waals surface area contributed by atoms with Crippen LogP contribution in [-0.4, -0.2) is 53.4 Å². The summed E-state index contributed by atoms with van der Waals surface area (Å²) >= 11 is 0. The number of non-ortho nitro benzene ring substituents is 1. The highest BCUT2D eigenvalue weighted by atomic mass is 19.4. The van der Waals surface area contributed by atoms with E-state index in [1.54, 1.807) is 4.90 Å². The van der Waals surface area contributed by atoms with Crippen LogP contribution in [0.4, 0.5) is 30.2 Å². The van der Waals surface area contributed by atoms with Crippen LogP contribution in [0, 0.1) is 20.2 Å². The number of rotatable bonds is 6. The number of piperazine rings is 1. The zero-order valence-electron chi connectivity index (χ0n) is 16.4. The monoisotopic (exact) mass is 454 g/mol. The van der Waals surface area contributed by atoms with E-state index in [4.69, 9.17) is 4.74 Å². The number of ether oxygens (including phenoxy) is 1. The molecule has 1 saturated heterocycles. The van der Waals surface area contributed by atoms with Crippen molar-refractivity contribution in [3.63, 3.8) is 0 Å². The Morgan fingerprint density at radius 1 is 1.00 bits per heavy atom. The maximum absolute atomic E-state index is 12.9. The SMILES string of the molecule is O=C(COc1cccc([N+](=O)[O-])c1)N1CCN(c2ccc(C(F)(F)F)cc2[N+](=O)[O-])CC1. The second kappa shape index (κ2) is 9.08. The minimum atomic E-state index is -4.70. The lowest BCUT2D eigenvalue weighted by Crippen LogP contribution is -2.50. The number of benzene rings is 2. The first-order valence-corrected chi connectivity index (χ1v) is 9.32. The summed E-state index contributed by atoms with van der Waals surface area (Å²) in [6.07, 6.45) is -4.70. The molecule has 10 nitrogen and oxygen atoms in total. The second-order valence-corrected chi connectivity index (χ2v) is 6.87. The largest absolute Gasteiger partial charge is 0.484 e. The molecule has 0 bridgehead atoms. The van der Waals surface area contributed by atoms with Crippen LogP contribution in [0.3, 0.4) is 0 Å². The highest BCUT2D eigenvalue weighted by Crippen LogP contribution is 2.36. The van der Waals surface area contributed by atoms with Crippen molar-refractivity contribution in [3.8, 4) is 5.75 Å². The van der Waals surface area contributed by atoms with Crippen LogP contribution < -0.4 is 9.64 Å². The van der Waals surface area contributed by atoms with Crippen molar-refractivity contribution < 1.29 is 32.5 Å². The van der Waals surface area contributed by atoms with E-state index in [1.807, 2.05) is 0 Å². The highest BCUT2D eigenvalue weighted by molar-refractivity contribution is 5.78. The zero-order chi connectivity index (χ0) is 23.5. The first-order chi connectivity index (χ1) is 15.1. The van der Waals surface area contributed by atoms with E-state index in [2.05, 4.69) is 0 Å². The van der Waals surface area contributed by atoms with E-state index in [9.17, 15) is 38.2 Å². The maximum Gasteiger partial charge on any atom is 0.416 e. The van der Waals surface area contributed by atoms with Crippen molar-refractivity contribution in [2.45, 2.75) is 6.18 Å². The molecule has 32 heavy (non-hydrogen) atoms. The Morgan fingerprint density at radius 3 is 2.28 bits per heavy atom. The van der Waals surface area contributed by atoms with Crippen LogP contribution in [0.15, 0.2) is 42.5 Å². The number of carbonyl (C=O) groups is 1. The van der Waals surface area contributed by atoms with Crippen molar-refractivity contribution in [2.24, 2.45) is 0 Å². The molecule has 0 radical (unpaired) electrons. The topological polar surface area (TPSA) is 119 Å². The maximum atomic E-state index is 12.9. The summed E-state index contributed by atoms with van der Waals surface area (Å²) in [6.45, 7) is 0.343. The third-order valence-electron chi connectivity index (χ3n) is 4.86. The summed E-state index contributed by atoms with van der Waals surface area (Å²) in [5.41, 5.74) is -1.90. The second-order valence-electron chi connectivity index (χ2n) is 6.87. The summed E-state index contributed by atoms with van der Waals surface area (Å²) in [4.78, 5) is 36.0. The number of alkyl halides is 3. The molecule has 0 atom stereocenters. The molecule has 3 rings (SSSR count). The van der Waals surface area contributed by atoms with E-state index in [0.717, 1.165) is 12.1 Å². The first-order valence-electron chi connectivity index (χ1n) is 9.32. The van der Waals surface area contributed by atoms with Gasteiger partial charge in [-0.25, -0.2) is 0 Å². The summed E-state index contributed by atoms with van der Waals surface area (Å²) in [5.74, 6) is -0.232. The van der Waals surface area contributed by atoms with Gasteiger partial charge >= 0.3 is 6.18 Å². The minimum Gasteiger partial charge on any atom is -0.484 e. The predicted octanol–water partition coefficient (Wildman–Crippen LogP) is 3.25. The lowest BCUT2D eigenvalue weighted by molar-refractivity contribution is -0.385. The van der Waals surface area contributed by atoms with E-state index in [0.29, 0.717) is 6.07 Å². The number of amides is 1. The number of nitro benzene ring substituents is 2. The molecule has 0 N–H and O–H groups in total. The Hall–Kier alpha value is -3.90. The molecular formula is C19H17F3N4O6. The van der Waals surface area contributed by atoms with Gasteiger partial charge in [0.1, 0.15) is 11.4 Å². The van der Waals surface area contributed by atoms with Gasteiger partial charge in [-0.05, 0) is 18.2 Å². The third kappa shape index (κ3) is 5.22. The van der Waals surface area contributed by atoms with E-state index >= 15 is 0 Å². The van der Waals surface area contributed by atoms with Crippen LogP contribution in [-0.2, 0) is 11.0 Å². The van der Waals surface area contributed by atoms with Gasteiger partial charge in [-0.1, -0.05) is 6.07 Å². The average Bonchev–Trinajstić information content (AvgIpc) is 2.76. The fourth-order valence-corrected chi connectivity index (χ4v) is 3.23. The Bertz CT molecular complexity index is 1040. The van der Waals surface area contributed by atoms with Crippen LogP contribution in [0.2, 0.25) is 0 Å². The van der Waals surface area contributed by atoms with Gasteiger partial charge in [0.2, 0.25) is 0 Å². The van der Waals surface area contributed by atoms with Crippen LogP contribution in [0.5, 0.6) is 5.75 Å². The number of hydrogen-bond donors (Lipinski definition) is 0. The van der Waals surface area contributed by atoms with E-state index < -0.39 is 33.2 Å². The number of carbonyl (C=O) groups excluding carboxylic acids is 1. The quantitative estimate of drug-likeness (QED) is 0.485. The average molecular weight is 454 g/mol. The van der Waals surface area contributed by atoms with Gasteiger partial charge in [-0.2, -0.15) is 13.2 Å². The minimum absolute atomic E-state index is 0.0444. The standard InChI is InChI=1S/C19H17F3N4O6/c20-19(21,22)13-4-5-16(17(10-13)26(30)31)23-6-8-24(9-7-23)18(27)12-32-15-3-1-2-14(11-15)25(28)29/h1-5,10-11H,6-9,12H2. The van der Waals surface area contributed by atoms with Crippen molar-refractivity contribution in [1.82, 2.24) is 4.90 Å². The van der Waals surface area contributed by atoms with Gasteiger partial charge < -0.3 is 14.5 Å². The van der Waals surface area contributed by atoms with E-state index in [1.165, 1.54) is 29.2 Å². The highest BCUT2D eigenvalue weighted by Gasteiger charge is 2.34.